The molecule has 2 heterocycles. The van der Waals surface area contributed by atoms with Crippen LogP contribution in [0.15, 0.2) is 39.6 Å². The molecule has 4 rings (SSSR count). The molecule has 1 saturated carbocycles. The monoisotopic (exact) mass is 507 g/mol. The average Bonchev–Trinajstić information content (AvgIpc) is 3.07. The Labute approximate surface area is 192 Å². The van der Waals surface area contributed by atoms with Gasteiger partial charge in [-0.3, -0.25) is 4.79 Å². The molecule has 34 heavy (non-hydrogen) atoms. The zero-order chi connectivity index (χ0) is 25.3. The van der Waals surface area contributed by atoms with E-state index in [0.29, 0.717) is 13.3 Å². The first-order valence-electron chi connectivity index (χ1n) is 10.4. The summed E-state index contributed by atoms with van der Waals surface area (Å²) in [5.41, 5.74) is -0.982. The molecule has 0 N–H and O–H groups in total. The highest BCUT2D eigenvalue weighted by Gasteiger charge is 2.64. The van der Waals surface area contributed by atoms with Crippen molar-refractivity contribution in [3.05, 3.63) is 47.4 Å². The second-order valence-electron chi connectivity index (χ2n) is 9.05. The molecule has 2 aliphatic rings. The standard InChI is InChI=1S/C22H22F5NO5S/c1-12(20(2,23)24)32-16-5-4-14(34(3,30)31)8-15(16)19(29)28-10-13-9-21(13,11-28)17-6-7-18(33-17)22(25,26)27/h4-8,12-13H,9-11H2,1-3H3/t12-,13?,21?/m1/s1. The quantitative estimate of drug-likeness (QED) is 0.537. The number of hydrogen-bond acceptors (Lipinski definition) is 5. The Balaban J connectivity index is 1.63. The maximum absolute atomic E-state index is 13.7. The minimum Gasteiger partial charge on any atom is -0.484 e. The Bertz CT molecular complexity index is 1230. The summed E-state index contributed by atoms with van der Waals surface area (Å²) >= 11 is 0. The van der Waals surface area contributed by atoms with Crippen LogP contribution in [0.5, 0.6) is 5.75 Å². The molecular weight excluding hydrogens is 485 g/mol. The minimum atomic E-state index is -4.64. The zero-order valence-corrected chi connectivity index (χ0v) is 19.3. The number of likely N-dealkylation sites (tertiary alicyclic amines) is 1. The molecule has 2 aromatic rings. The first kappa shape index (κ1) is 24.5. The van der Waals surface area contributed by atoms with E-state index in [9.17, 15) is 35.2 Å². The molecule has 0 bridgehead atoms. The number of fused-ring (bicyclic) bond motifs is 1. The van der Waals surface area contributed by atoms with Crippen LogP contribution in [0.3, 0.4) is 0 Å². The first-order chi connectivity index (χ1) is 15.5. The Morgan fingerprint density at radius 3 is 2.44 bits per heavy atom. The SMILES string of the molecule is C[C@@H](Oc1ccc(S(C)(=O)=O)cc1C(=O)N1CC2CC2(c2ccc(C(F)(F)F)o2)C1)C(C)(F)F. The lowest BCUT2D eigenvalue weighted by Gasteiger charge is -2.25. The van der Waals surface area contributed by atoms with Gasteiger partial charge >= 0.3 is 6.18 Å². The van der Waals surface area contributed by atoms with Crippen molar-refractivity contribution in [2.75, 3.05) is 19.3 Å². The van der Waals surface area contributed by atoms with Gasteiger partial charge in [0.2, 0.25) is 5.76 Å². The van der Waals surface area contributed by atoms with Gasteiger partial charge in [0, 0.05) is 26.3 Å². The maximum Gasteiger partial charge on any atom is 0.449 e. The molecule has 3 atom stereocenters. The molecule has 1 aliphatic heterocycles. The van der Waals surface area contributed by atoms with Crippen LogP contribution in [-0.4, -0.2) is 50.6 Å². The van der Waals surface area contributed by atoms with Crippen molar-refractivity contribution in [2.45, 2.75) is 48.8 Å². The molecule has 1 aromatic carbocycles. The number of rotatable bonds is 6. The van der Waals surface area contributed by atoms with Gasteiger partial charge in [-0.25, -0.2) is 17.2 Å². The molecule has 12 heteroatoms. The molecule has 1 amide bonds. The van der Waals surface area contributed by atoms with Gasteiger partial charge in [-0.2, -0.15) is 13.2 Å². The number of furan rings is 1. The molecule has 0 radical (unpaired) electrons. The van der Waals surface area contributed by atoms with Crippen LogP contribution in [0.4, 0.5) is 22.0 Å². The van der Waals surface area contributed by atoms with Crippen LogP contribution >= 0.6 is 0 Å². The number of carbonyl (C=O) groups excluding carboxylic acids is 1. The third-order valence-corrected chi connectivity index (χ3v) is 7.55. The van der Waals surface area contributed by atoms with Crippen LogP contribution in [0.2, 0.25) is 0 Å². The van der Waals surface area contributed by atoms with Crippen molar-refractivity contribution in [1.82, 2.24) is 4.90 Å². The van der Waals surface area contributed by atoms with E-state index >= 15 is 0 Å². The Kier molecular flexibility index (Phi) is 5.54. The van der Waals surface area contributed by atoms with Crippen LogP contribution in [0.1, 0.15) is 42.1 Å². The molecule has 2 unspecified atom stereocenters. The number of benzene rings is 1. The van der Waals surface area contributed by atoms with E-state index in [-0.39, 0.29) is 41.0 Å². The number of hydrogen-bond donors (Lipinski definition) is 0. The van der Waals surface area contributed by atoms with Crippen molar-refractivity contribution in [2.24, 2.45) is 5.92 Å². The van der Waals surface area contributed by atoms with Gasteiger partial charge < -0.3 is 14.1 Å². The fourth-order valence-corrected chi connectivity index (χ4v) is 4.90. The number of amides is 1. The summed E-state index contributed by atoms with van der Waals surface area (Å²) in [6.07, 6.45) is -4.77. The fourth-order valence-electron chi connectivity index (χ4n) is 4.25. The van der Waals surface area contributed by atoms with Crippen molar-refractivity contribution in [3.63, 3.8) is 0 Å². The Morgan fingerprint density at radius 1 is 1.21 bits per heavy atom. The number of ether oxygens (including phenoxy) is 1. The second kappa shape index (κ2) is 7.69. The Morgan fingerprint density at radius 2 is 1.88 bits per heavy atom. The van der Waals surface area contributed by atoms with Gasteiger partial charge in [-0.05, 0) is 49.6 Å². The second-order valence-corrected chi connectivity index (χ2v) is 11.1. The highest BCUT2D eigenvalue weighted by molar-refractivity contribution is 7.90. The van der Waals surface area contributed by atoms with Crippen LogP contribution in [0.25, 0.3) is 0 Å². The predicted octanol–water partition coefficient (Wildman–Crippen LogP) is 4.54. The molecule has 186 valence electrons. The zero-order valence-electron chi connectivity index (χ0n) is 18.4. The van der Waals surface area contributed by atoms with E-state index in [4.69, 9.17) is 9.15 Å². The minimum absolute atomic E-state index is 0.0450. The van der Waals surface area contributed by atoms with Crippen molar-refractivity contribution in [1.29, 1.82) is 0 Å². The average molecular weight is 507 g/mol. The largest absolute Gasteiger partial charge is 0.484 e. The summed E-state index contributed by atoms with van der Waals surface area (Å²) in [7, 11) is -3.72. The summed E-state index contributed by atoms with van der Waals surface area (Å²) < 4.78 is 101. The Hall–Kier alpha value is -2.63. The molecule has 1 aromatic heterocycles. The first-order valence-corrected chi connectivity index (χ1v) is 12.3. The van der Waals surface area contributed by atoms with Gasteiger partial charge in [0.15, 0.2) is 15.9 Å². The van der Waals surface area contributed by atoms with Gasteiger partial charge in [0.1, 0.15) is 11.5 Å². The lowest BCUT2D eigenvalue weighted by Crippen LogP contribution is -2.35. The number of alkyl halides is 5. The predicted molar refractivity (Wildman–Crippen MR) is 110 cm³/mol. The van der Waals surface area contributed by atoms with Crippen molar-refractivity contribution < 1.29 is 44.3 Å². The van der Waals surface area contributed by atoms with Crippen LogP contribution in [0, 0.1) is 5.92 Å². The molecule has 1 saturated heterocycles. The van der Waals surface area contributed by atoms with Gasteiger partial charge in [-0.15, -0.1) is 0 Å². The lowest BCUT2D eigenvalue weighted by molar-refractivity contribution is -0.153. The lowest BCUT2D eigenvalue weighted by atomic mass is 10.0. The van der Waals surface area contributed by atoms with E-state index in [1.54, 1.807) is 0 Å². The van der Waals surface area contributed by atoms with Crippen molar-refractivity contribution >= 4 is 15.7 Å². The van der Waals surface area contributed by atoms with E-state index in [1.807, 2.05) is 0 Å². The number of nitrogens with zero attached hydrogens (tertiary/aromatic N) is 1. The van der Waals surface area contributed by atoms with E-state index in [1.165, 1.54) is 11.0 Å². The third kappa shape index (κ3) is 4.39. The smallest absolute Gasteiger partial charge is 0.449 e. The maximum atomic E-state index is 13.7. The highest BCUT2D eigenvalue weighted by Crippen LogP contribution is 2.60. The van der Waals surface area contributed by atoms with Gasteiger partial charge in [0.05, 0.1) is 15.9 Å². The highest BCUT2D eigenvalue weighted by atomic mass is 32.2. The topological polar surface area (TPSA) is 76.8 Å². The molecule has 1 aliphatic carbocycles. The summed E-state index contributed by atoms with van der Waals surface area (Å²) in [6, 6.07) is 5.48. The number of halogens is 5. The number of carbonyl (C=O) groups is 1. The summed E-state index contributed by atoms with van der Waals surface area (Å²) in [6.45, 7) is 2.01. The van der Waals surface area contributed by atoms with Crippen molar-refractivity contribution in [3.8, 4) is 5.75 Å². The number of piperidine rings is 1. The third-order valence-electron chi connectivity index (χ3n) is 6.44. The van der Waals surface area contributed by atoms with E-state index < -0.39 is 45.1 Å². The van der Waals surface area contributed by atoms with E-state index in [2.05, 4.69) is 0 Å². The van der Waals surface area contributed by atoms with Crippen LogP contribution in [-0.2, 0) is 21.4 Å². The van der Waals surface area contributed by atoms with Gasteiger partial charge in [0.25, 0.3) is 11.8 Å². The summed E-state index contributed by atoms with van der Waals surface area (Å²) in [4.78, 5) is 14.5. The normalized spacial score (nSPS) is 23.5. The van der Waals surface area contributed by atoms with Gasteiger partial charge in [-0.1, -0.05) is 0 Å². The molecule has 2 fully saturated rings. The summed E-state index contributed by atoms with van der Waals surface area (Å²) in [5, 5.41) is 0. The fraction of sp³-hybridized carbons (Fsp3) is 0.500. The summed E-state index contributed by atoms with van der Waals surface area (Å²) in [5.74, 6) is -5.24. The van der Waals surface area contributed by atoms with Crippen LogP contribution < -0.4 is 4.74 Å². The molecular formula is C22H22F5NO5S. The molecule has 6 nitrogen and oxygen atoms in total. The van der Waals surface area contributed by atoms with E-state index in [0.717, 1.165) is 37.4 Å². The molecule has 0 spiro atoms. The number of sulfone groups is 1.